The first-order valence-electron chi connectivity index (χ1n) is 8.77. The Labute approximate surface area is 168 Å². The number of amides is 2. The minimum absolute atomic E-state index is 0.417. The van der Waals surface area contributed by atoms with Gasteiger partial charge in [0.05, 0.1) is 21.3 Å². The molecule has 1 heterocycles. The number of methoxy groups -OCH3 is 3. The van der Waals surface area contributed by atoms with Gasteiger partial charge in [0, 0.05) is 11.6 Å². The molecule has 2 unspecified atom stereocenters. The average molecular weight is 398 g/mol. The van der Waals surface area contributed by atoms with Crippen LogP contribution in [0.5, 0.6) is 23.0 Å². The second-order valence-corrected chi connectivity index (χ2v) is 6.41. The zero-order valence-corrected chi connectivity index (χ0v) is 16.3. The predicted molar refractivity (Wildman–Crippen MR) is 106 cm³/mol. The van der Waals surface area contributed by atoms with E-state index in [1.54, 1.807) is 30.3 Å². The summed E-state index contributed by atoms with van der Waals surface area (Å²) in [5.41, 5.74) is 12.8. The molecule has 1 aliphatic heterocycles. The van der Waals surface area contributed by atoms with Crippen LogP contribution in [0.2, 0.25) is 0 Å². The first kappa shape index (κ1) is 20.1. The molecule has 29 heavy (non-hydrogen) atoms. The molecular weight excluding hydrogens is 376 g/mol. The van der Waals surface area contributed by atoms with Gasteiger partial charge in [-0.3, -0.25) is 9.59 Å². The van der Waals surface area contributed by atoms with Gasteiger partial charge in [0.2, 0.25) is 11.8 Å². The summed E-state index contributed by atoms with van der Waals surface area (Å²) in [6, 6.07) is 8.68. The van der Waals surface area contributed by atoms with E-state index in [0.717, 1.165) is 0 Å². The normalized spacial score (nSPS) is 17.5. The maximum atomic E-state index is 12.4. The Balaban J connectivity index is 2.10. The molecule has 4 N–H and O–H groups in total. The van der Waals surface area contributed by atoms with E-state index < -0.39 is 23.8 Å². The Hall–Kier alpha value is -3.68. The van der Waals surface area contributed by atoms with E-state index >= 15 is 0 Å². The number of carbonyl (C=O) groups excluding carboxylic acids is 2. The lowest BCUT2D eigenvalue weighted by Gasteiger charge is -2.18. The lowest BCUT2D eigenvalue weighted by atomic mass is 9.89. The van der Waals surface area contributed by atoms with Gasteiger partial charge in [-0.2, -0.15) is 0 Å². The van der Waals surface area contributed by atoms with Crippen molar-refractivity contribution in [3.63, 3.8) is 0 Å². The fourth-order valence-electron chi connectivity index (χ4n) is 3.38. The van der Waals surface area contributed by atoms with Crippen LogP contribution in [0.1, 0.15) is 28.7 Å². The molecule has 0 saturated carbocycles. The number of hydrogen-bond acceptors (Lipinski definition) is 6. The van der Waals surface area contributed by atoms with E-state index in [1.807, 2.05) is 0 Å². The molecule has 2 aromatic carbocycles. The molecule has 0 bridgehead atoms. The van der Waals surface area contributed by atoms with Crippen molar-refractivity contribution in [2.45, 2.75) is 12.0 Å². The zero-order chi connectivity index (χ0) is 21.1. The molecule has 0 fully saturated rings. The van der Waals surface area contributed by atoms with Gasteiger partial charge in [-0.1, -0.05) is 6.07 Å². The quantitative estimate of drug-likeness (QED) is 0.687. The maximum Gasteiger partial charge on any atom is 0.241 e. The molecular formula is C21H22N2O6. The van der Waals surface area contributed by atoms with Crippen LogP contribution in [0.3, 0.4) is 0 Å². The number of ether oxygens (including phenoxy) is 4. The van der Waals surface area contributed by atoms with Crippen molar-refractivity contribution in [2.75, 3.05) is 21.3 Å². The molecule has 2 amide bonds. The highest BCUT2D eigenvalue weighted by molar-refractivity contribution is 5.91. The largest absolute Gasteiger partial charge is 0.493 e. The van der Waals surface area contributed by atoms with Gasteiger partial charge >= 0.3 is 0 Å². The van der Waals surface area contributed by atoms with Gasteiger partial charge in [-0.15, -0.1) is 0 Å². The highest BCUT2D eigenvalue weighted by Crippen LogP contribution is 2.51. The molecule has 3 rings (SSSR count). The summed E-state index contributed by atoms with van der Waals surface area (Å²) in [5.74, 6) is -0.00672. The van der Waals surface area contributed by atoms with Gasteiger partial charge in [0.1, 0.15) is 12.0 Å². The van der Waals surface area contributed by atoms with Crippen LogP contribution in [0.25, 0.3) is 6.08 Å². The molecule has 8 heteroatoms. The summed E-state index contributed by atoms with van der Waals surface area (Å²) in [4.78, 5) is 23.4. The first-order chi connectivity index (χ1) is 13.9. The third-order valence-corrected chi connectivity index (χ3v) is 4.69. The summed E-state index contributed by atoms with van der Waals surface area (Å²) in [6.07, 6.45) is 2.08. The van der Waals surface area contributed by atoms with Gasteiger partial charge in [0.25, 0.3) is 0 Å². The standard InChI is InChI=1S/C21H22N2O6/c1-26-14-6-5-12(10-15(14)27-2)19-18(21(23)25)13-8-11(4-7-17(22)24)9-16(28-3)20(13)29-19/h4-10,18-19H,1-3H3,(H2,22,24)(H2,23,25)/b7-4+. The molecule has 2 atom stereocenters. The smallest absolute Gasteiger partial charge is 0.241 e. The van der Waals surface area contributed by atoms with Crippen molar-refractivity contribution in [2.24, 2.45) is 11.5 Å². The molecule has 1 aliphatic rings. The van der Waals surface area contributed by atoms with Crippen molar-refractivity contribution < 1.29 is 28.5 Å². The van der Waals surface area contributed by atoms with Gasteiger partial charge in [-0.05, 0) is 41.5 Å². The minimum Gasteiger partial charge on any atom is -0.493 e. The minimum atomic E-state index is -0.765. The van der Waals surface area contributed by atoms with E-state index in [9.17, 15) is 9.59 Å². The van der Waals surface area contributed by atoms with E-state index in [0.29, 0.717) is 39.7 Å². The lowest BCUT2D eigenvalue weighted by molar-refractivity contribution is -0.120. The van der Waals surface area contributed by atoms with Gasteiger partial charge in [0.15, 0.2) is 23.0 Å². The third-order valence-electron chi connectivity index (χ3n) is 4.69. The average Bonchev–Trinajstić information content (AvgIpc) is 3.10. The first-order valence-corrected chi connectivity index (χ1v) is 8.77. The third kappa shape index (κ3) is 3.82. The van der Waals surface area contributed by atoms with Crippen LogP contribution < -0.4 is 30.4 Å². The summed E-state index contributed by atoms with van der Waals surface area (Å²) >= 11 is 0. The molecule has 0 saturated heterocycles. The van der Waals surface area contributed by atoms with Crippen LogP contribution in [-0.4, -0.2) is 33.1 Å². The highest BCUT2D eigenvalue weighted by Gasteiger charge is 2.41. The molecule has 152 valence electrons. The van der Waals surface area contributed by atoms with E-state index in [1.165, 1.54) is 33.5 Å². The molecule has 0 aliphatic carbocycles. The van der Waals surface area contributed by atoms with Crippen LogP contribution in [0.4, 0.5) is 0 Å². The number of hydrogen-bond donors (Lipinski definition) is 2. The summed E-state index contributed by atoms with van der Waals surface area (Å²) in [7, 11) is 4.55. The molecule has 0 spiro atoms. The van der Waals surface area contributed by atoms with Gasteiger partial charge < -0.3 is 30.4 Å². The van der Waals surface area contributed by atoms with Crippen molar-refractivity contribution in [3.05, 3.63) is 53.1 Å². The summed E-state index contributed by atoms with van der Waals surface area (Å²) < 4.78 is 22.1. The number of nitrogens with two attached hydrogens (primary N) is 2. The summed E-state index contributed by atoms with van der Waals surface area (Å²) in [6.45, 7) is 0. The Bertz CT molecular complexity index is 985. The van der Waals surface area contributed by atoms with E-state index in [2.05, 4.69) is 0 Å². The number of primary amides is 2. The van der Waals surface area contributed by atoms with Crippen LogP contribution in [0.15, 0.2) is 36.4 Å². The van der Waals surface area contributed by atoms with E-state index in [-0.39, 0.29) is 0 Å². The van der Waals surface area contributed by atoms with Crippen molar-refractivity contribution in [1.82, 2.24) is 0 Å². The Kier molecular flexibility index (Phi) is 5.63. The Morgan fingerprint density at radius 1 is 0.966 bits per heavy atom. The van der Waals surface area contributed by atoms with E-state index in [4.69, 9.17) is 30.4 Å². The fraction of sp³-hybridized carbons (Fsp3) is 0.238. The van der Waals surface area contributed by atoms with Crippen LogP contribution in [-0.2, 0) is 9.59 Å². The summed E-state index contributed by atoms with van der Waals surface area (Å²) in [5, 5.41) is 0. The lowest BCUT2D eigenvalue weighted by Crippen LogP contribution is -2.25. The second-order valence-electron chi connectivity index (χ2n) is 6.41. The SMILES string of the molecule is COc1ccc(C2Oc3c(OC)cc(/C=C/C(N)=O)cc3C2C(N)=O)cc1OC. The monoisotopic (exact) mass is 398 g/mol. The highest BCUT2D eigenvalue weighted by atomic mass is 16.5. The fourth-order valence-corrected chi connectivity index (χ4v) is 3.38. The van der Waals surface area contributed by atoms with Crippen LogP contribution in [0, 0.1) is 0 Å². The van der Waals surface area contributed by atoms with Gasteiger partial charge in [-0.25, -0.2) is 0 Å². The van der Waals surface area contributed by atoms with Crippen molar-refractivity contribution in [1.29, 1.82) is 0 Å². The maximum absolute atomic E-state index is 12.4. The number of carbonyl (C=O) groups is 2. The topological polar surface area (TPSA) is 123 Å². The van der Waals surface area contributed by atoms with Crippen molar-refractivity contribution in [3.8, 4) is 23.0 Å². The molecule has 0 aromatic heterocycles. The Morgan fingerprint density at radius 3 is 2.24 bits per heavy atom. The number of benzene rings is 2. The molecule has 2 aromatic rings. The second kappa shape index (κ2) is 8.14. The predicted octanol–water partition coefficient (Wildman–Crippen LogP) is 1.91. The zero-order valence-electron chi connectivity index (χ0n) is 16.3. The number of rotatable bonds is 7. The van der Waals surface area contributed by atoms with Crippen molar-refractivity contribution >= 4 is 17.9 Å². The Morgan fingerprint density at radius 2 is 1.66 bits per heavy atom. The molecule has 8 nitrogen and oxygen atoms in total. The number of fused-ring (bicyclic) bond motifs is 1. The van der Waals surface area contributed by atoms with Crippen LogP contribution >= 0.6 is 0 Å². The molecule has 0 radical (unpaired) electrons.